The Morgan fingerprint density at radius 2 is 1.58 bits per heavy atom. The largest absolute Gasteiger partial charge is 0.386 e. The van der Waals surface area contributed by atoms with E-state index < -0.39 is 12.0 Å². The Kier molecular flexibility index (Phi) is 5.71. The van der Waals surface area contributed by atoms with Gasteiger partial charge in [0.2, 0.25) is 5.91 Å². The summed E-state index contributed by atoms with van der Waals surface area (Å²) in [5.41, 5.74) is 6.78. The number of aliphatic hydroxyl groups is 1. The monoisotopic (exact) mass is 326 g/mol. The molecule has 0 radical (unpaired) electrons. The molecule has 0 unspecified atom stereocenters. The summed E-state index contributed by atoms with van der Waals surface area (Å²) in [5.74, 6) is -0.731. The van der Waals surface area contributed by atoms with Gasteiger partial charge in [-0.1, -0.05) is 30.3 Å². The molecule has 24 heavy (non-hydrogen) atoms. The van der Waals surface area contributed by atoms with Gasteiger partial charge in [0, 0.05) is 17.7 Å². The van der Waals surface area contributed by atoms with Crippen molar-refractivity contribution in [2.24, 2.45) is 5.73 Å². The van der Waals surface area contributed by atoms with Crippen molar-refractivity contribution in [2.75, 3.05) is 6.54 Å². The van der Waals surface area contributed by atoms with E-state index in [-0.39, 0.29) is 11.9 Å². The zero-order valence-corrected chi connectivity index (χ0v) is 13.8. The van der Waals surface area contributed by atoms with Crippen LogP contribution >= 0.6 is 0 Å². The van der Waals surface area contributed by atoms with Crippen LogP contribution in [0.5, 0.6) is 0 Å². The first-order valence-electron chi connectivity index (χ1n) is 7.89. The molecule has 5 heteroatoms. The van der Waals surface area contributed by atoms with E-state index in [2.05, 4.69) is 0 Å². The van der Waals surface area contributed by atoms with Gasteiger partial charge in [0.25, 0.3) is 5.91 Å². The van der Waals surface area contributed by atoms with Crippen LogP contribution in [0.15, 0.2) is 54.6 Å². The lowest BCUT2D eigenvalue weighted by atomic mass is 10.0. The van der Waals surface area contributed by atoms with Gasteiger partial charge in [0.15, 0.2) is 0 Å². The second-order valence-corrected chi connectivity index (χ2v) is 5.63. The summed E-state index contributed by atoms with van der Waals surface area (Å²) in [4.78, 5) is 25.5. The highest BCUT2D eigenvalue weighted by Crippen LogP contribution is 2.22. The summed E-state index contributed by atoms with van der Waals surface area (Å²) >= 11 is 0. The van der Waals surface area contributed by atoms with Gasteiger partial charge in [0.1, 0.15) is 0 Å². The summed E-state index contributed by atoms with van der Waals surface area (Å²) < 4.78 is 0. The number of hydrogen-bond acceptors (Lipinski definition) is 3. The van der Waals surface area contributed by atoms with Crippen molar-refractivity contribution in [2.45, 2.75) is 26.0 Å². The molecule has 0 heterocycles. The Morgan fingerprint density at radius 1 is 1.04 bits per heavy atom. The maximum Gasteiger partial charge on any atom is 0.254 e. The maximum atomic E-state index is 12.7. The highest BCUT2D eigenvalue weighted by Gasteiger charge is 2.26. The molecule has 0 fully saturated rings. The van der Waals surface area contributed by atoms with E-state index in [4.69, 9.17) is 5.73 Å². The van der Waals surface area contributed by atoms with Crippen molar-refractivity contribution in [3.63, 3.8) is 0 Å². The van der Waals surface area contributed by atoms with Gasteiger partial charge in [-0.2, -0.15) is 0 Å². The Labute approximate surface area is 141 Å². The number of nitrogens with zero attached hydrogens (tertiary/aromatic N) is 1. The van der Waals surface area contributed by atoms with E-state index in [1.807, 2.05) is 44.2 Å². The SMILES string of the molecule is CCN(C(=O)c1ccc(C(N)=O)cc1)[C@H](C)[C@@H](O)c1ccccc1. The fourth-order valence-electron chi connectivity index (χ4n) is 2.66. The number of aliphatic hydroxyl groups excluding tert-OH is 1. The standard InChI is InChI=1S/C19H22N2O3/c1-3-21(13(2)17(22)14-7-5-4-6-8-14)19(24)16-11-9-15(10-12-16)18(20)23/h4-13,17,22H,3H2,1-2H3,(H2,20,23)/t13-,17-/m1/s1. The molecule has 2 atom stereocenters. The molecule has 0 spiro atoms. The average Bonchev–Trinajstić information content (AvgIpc) is 2.62. The van der Waals surface area contributed by atoms with Gasteiger partial charge in [0.05, 0.1) is 12.1 Å². The van der Waals surface area contributed by atoms with Gasteiger partial charge >= 0.3 is 0 Å². The molecule has 0 saturated carbocycles. The summed E-state index contributed by atoms with van der Waals surface area (Å²) in [7, 11) is 0. The minimum Gasteiger partial charge on any atom is -0.386 e. The van der Waals surface area contributed by atoms with Crippen molar-refractivity contribution in [1.29, 1.82) is 0 Å². The van der Waals surface area contributed by atoms with Crippen LogP contribution in [-0.4, -0.2) is 34.4 Å². The smallest absolute Gasteiger partial charge is 0.254 e. The molecule has 2 aromatic carbocycles. The van der Waals surface area contributed by atoms with Crippen molar-refractivity contribution in [3.05, 3.63) is 71.3 Å². The predicted octanol–water partition coefficient (Wildman–Crippen LogP) is 2.37. The van der Waals surface area contributed by atoms with Crippen LogP contribution in [0.4, 0.5) is 0 Å². The van der Waals surface area contributed by atoms with Crippen LogP contribution in [0.2, 0.25) is 0 Å². The number of amides is 2. The molecule has 2 aromatic rings. The Balaban J connectivity index is 2.20. The van der Waals surface area contributed by atoms with E-state index in [1.165, 1.54) is 12.1 Å². The number of primary amides is 1. The molecular weight excluding hydrogens is 304 g/mol. The van der Waals surface area contributed by atoms with E-state index in [9.17, 15) is 14.7 Å². The first kappa shape index (κ1) is 17.7. The molecule has 3 N–H and O–H groups in total. The van der Waals surface area contributed by atoms with Gasteiger partial charge in [-0.25, -0.2) is 0 Å². The molecule has 5 nitrogen and oxygen atoms in total. The van der Waals surface area contributed by atoms with E-state index in [0.29, 0.717) is 17.7 Å². The minimum atomic E-state index is -0.778. The molecule has 0 aliphatic rings. The third-order valence-electron chi connectivity index (χ3n) is 4.11. The fraction of sp³-hybridized carbons (Fsp3) is 0.263. The molecule has 0 aliphatic heterocycles. The van der Waals surface area contributed by atoms with Gasteiger partial charge in [-0.15, -0.1) is 0 Å². The molecule has 0 saturated heterocycles. The molecule has 0 bridgehead atoms. The van der Waals surface area contributed by atoms with Crippen LogP contribution in [0, 0.1) is 0 Å². The zero-order chi connectivity index (χ0) is 17.7. The molecule has 2 rings (SSSR count). The number of hydrogen-bond donors (Lipinski definition) is 2. The summed E-state index contributed by atoms with van der Waals surface area (Å²) in [6.07, 6.45) is -0.778. The van der Waals surface area contributed by atoms with Crippen molar-refractivity contribution in [3.8, 4) is 0 Å². The summed E-state index contributed by atoms with van der Waals surface area (Å²) in [5, 5.41) is 10.5. The topological polar surface area (TPSA) is 83.6 Å². The number of nitrogens with two attached hydrogens (primary N) is 1. The summed E-state index contributed by atoms with van der Waals surface area (Å²) in [6, 6.07) is 15.1. The molecule has 126 valence electrons. The normalized spacial score (nSPS) is 13.1. The number of rotatable bonds is 6. The highest BCUT2D eigenvalue weighted by atomic mass is 16.3. The maximum absolute atomic E-state index is 12.7. The van der Waals surface area contributed by atoms with Crippen molar-refractivity contribution < 1.29 is 14.7 Å². The minimum absolute atomic E-state index is 0.198. The number of carbonyl (C=O) groups excluding carboxylic acids is 2. The van der Waals surface area contributed by atoms with Crippen molar-refractivity contribution in [1.82, 2.24) is 4.90 Å². The third-order valence-corrected chi connectivity index (χ3v) is 4.11. The number of likely N-dealkylation sites (N-methyl/N-ethyl adjacent to an activating group) is 1. The van der Waals surface area contributed by atoms with E-state index in [0.717, 1.165) is 5.56 Å². The molecular formula is C19H22N2O3. The first-order valence-corrected chi connectivity index (χ1v) is 7.89. The van der Waals surface area contributed by atoms with E-state index >= 15 is 0 Å². The quantitative estimate of drug-likeness (QED) is 0.855. The number of benzene rings is 2. The van der Waals surface area contributed by atoms with Gasteiger partial charge in [-0.3, -0.25) is 9.59 Å². The van der Waals surface area contributed by atoms with Gasteiger partial charge < -0.3 is 15.7 Å². The fourth-order valence-corrected chi connectivity index (χ4v) is 2.66. The lowest BCUT2D eigenvalue weighted by Gasteiger charge is -2.32. The van der Waals surface area contributed by atoms with E-state index in [1.54, 1.807) is 17.0 Å². The second-order valence-electron chi connectivity index (χ2n) is 5.63. The van der Waals surface area contributed by atoms with Crippen molar-refractivity contribution >= 4 is 11.8 Å². The number of carbonyl (C=O) groups is 2. The molecule has 0 aliphatic carbocycles. The van der Waals surface area contributed by atoms with Crippen LogP contribution in [0.1, 0.15) is 46.2 Å². The van der Waals surface area contributed by atoms with Crippen LogP contribution in [0.25, 0.3) is 0 Å². The van der Waals surface area contributed by atoms with Gasteiger partial charge in [-0.05, 0) is 43.7 Å². The average molecular weight is 326 g/mol. The Morgan fingerprint density at radius 3 is 2.08 bits per heavy atom. The third kappa shape index (κ3) is 3.81. The lowest BCUT2D eigenvalue weighted by Crippen LogP contribution is -2.42. The molecule has 2 amide bonds. The van der Waals surface area contributed by atoms with Crippen LogP contribution < -0.4 is 5.73 Å². The lowest BCUT2D eigenvalue weighted by molar-refractivity contribution is 0.0419. The highest BCUT2D eigenvalue weighted by molar-refractivity contribution is 5.97. The second kappa shape index (κ2) is 7.75. The molecule has 0 aromatic heterocycles. The Hall–Kier alpha value is -2.66. The predicted molar refractivity (Wildman–Crippen MR) is 92.5 cm³/mol. The summed E-state index contributed by atoms with van der Waals surface area (Å²) in [6.45, 7) is 4.14. The zero-order valence-electron chi connectivity index (χ0n) is 13.8. The Bertz CT molecular complexity index is 698. The first-order chi connectivity index (χ1) is 11.5. The van der Waals surface area contributed by atoms with Crippen LogP contribution in [0.3, 0.4) is 0 Å². The van der Waals surface area contributed by atoms with Crippen LogP contribution in [-0.2, 0) is 0 Å².